The predicted molar refractivity (Wildman–Crippen MR) is 122 cm³/mol. The highest BCUT2D eigenvalue weighted by Gasteiger charge is 2.23. The Morgan fingerprint density at radius 3 is 2.37 bits per heavy atom. The molecule has 1 aliphatic rings. The monoisotopic (exact) mass is 458 g/mol. The van der Waals surface area contributed by atoms with E-state index in [-0.39, 0.29) is 36.8 Å². The number of aryl methyl sites for hydroxylation is 1. The lowest BCUT2D eigenvalue weighted by molar-refractivity contribution is -0.122. The SMILES string of the molecule is COc1cc(OC)cc(C(NC(=O)CCC2CCNCC2)c2nccn2C)c1.Cl.Cl. The van der Waals surface area contributed by atoms with Gasteiger partial charge in [-0.2, -0.15) is 0 Å². The van der Waals surface area contributed by atoms with Gasteiger partial charge in [0.1, 0.15) is 23.4 Å². The Labute approximate surface area is 190 Å². The summed E-state index contributed by atoms with van der Waals surface area (Å²) in [6.45, 7) is 2.09. The molecule has 9 heteroatoms. The normalized spacial score (nSPS) is 14.8. The smallest absolute Gasteiger partial charge is 0.220 e. The number of hydrogen-bond acceptors (Lipinski definition) is 5. The molecule has 0 saturated carbocycles. The van der Waals surface area contributed by atoms with Gasteiger partial charge in [0.15, 0.2) is 0 Å². The highest BCUT2D eigenvalue weighted by atomic mass is 35.5. The summed E-state index contributed by atoms with van der Waals surface area (Å²) in [5.74, 6) is 2.78. The fourth-order valence-electron chi connectivity index (χ4n) is 3.69. The summed E-state index contributed by atoms with van der Waals surface area (Å²) in [5.41, 5.74) is 0.876. The standard InChI is InChI=1S/C21H30N4O3.2ClH/c1-25-11-10-23-21(25)20(16-12-17(27-2)14-18(13-16)28-3)24-19(26)5-4-15-6-8-22-9-7-15;;/h10-15,20,22H,4-9H2,1-3H3,(H,24,26);2*1H. The lowest BCUT2D eigenvalue weighted by atomic mass is 9.93. The van der Waals surface area contributed by atoms with Gasteiger partial charge in [0, 0.05) is 31.9 Å². The Kier molecular flexibility index (Phi) is 11.0. The van der Waals surface area contributed by atoms with E-state index in [0.717, 1.165) is 43.7 Å². The van der Waals surface area contributed by atoms with Crippen LogP contribution in [0.2, 0.25) is 0 Å². The molecule has 1 atom stereocenters. The van der Waals surface area contributed by atoms with Crippen LogP contribution in [0.25, 0.3) is 0 Å². The quantitative estimate of drug-likeness (QED) is 0.634. The van der Waals surface area contributed by atoms with Crippen LogP contribution in [-0.4, -0.2) is 42.8 Å². The van der Waals surface area contributed by atoms with Gasteiger partial charge < -0.3 is 24.7 Å². The van der Waals surface area contributed by atoms with Crippen molar-refractivity contribution in [2.24, 2.45) is 13.0 Å². The second-order valence-electron chi connectivity index (χ2n) is 7.27. The predicted octanol–water partition coefficient (Wildman–Crippen LogP) is 3.27. The molecule has 0 radical (unpaired) electrons. The number of piperidine rings is 1. The van der Waals surface area contributed by atoms with Crippen LogP contribution in [0.5, 0.6) is 11.5 Å². The second kappa shape index (κ2) is 12.7. The molecule has 0 spiro atoms. The van der Waals surface area contributed by atoms with Crippen LogP contribution in [0.1, 0.15) is 43.1 Å². The van der Waals surface area contributed by atoms with Crippen molar-refractivity contribution in [3.63, 3.8) is 0 Å². The van der Waals surface area contributed by atoms with Crippen LogP contribution in [0.4, 0.5) is 0 Å². The molecule has 1 aromatic carbocycles. The van der Waals surface area contributed by atoms with Gasteiger partial charge in [-0.3, -0.25) is 4.79 Å². The first-order chi connectivity index (χ1) is 13.6. The number of rotatable bonds is 8. The van der Waals surface area contributed by atoms with Crippen molar-refractivity contribution in [1.82, 2.24) is 20.2 Å². The van der Waals surface area contributed by atoms with Gasteiger partial charge in [-0.05, 0) is 56.0 Å². The number of ether oxygens (including phenoxy) is 2. The van der Waals surface area contributed by atoms with Crippen molar-refractivity contribution < 1.29 is 14.3 Å². The third-order valence-electron chi connectivity index (χ3n) is 5.37. The minimum Gasteiger partial charge on any atom is -0.497 e. The first kappa shape index (κ1) is 26.1. The molecule has 7 nitrogen and oxygen atoms in total. The molecule has 1 unspecified atom stereocenters. The van der Waals surface area contributed by atoms with E-state index >= 15 is 0 Å². The molecule has 2 N–H and O–H groups in total. The Bertz CT molecular complexity index is 772. The number of carbonyl (C=O) groups excluding carboxylic acids is 1. The Morgan fingerprint density at radius 1 is 1.20 bits per heavy atom. The van der Waals surface area contributed by atoms with Gasteiger partial charge in [0.25, 0.3) is 0 Å². The van der Waals surface area contributed by atoms with Crippen LogP contribution >= 0.6 is 24.8 Å². The van der Waals surface area contributed by atoms with E-state index in [1.165, 1.54) is 0 Å². The molecular weight excluding hydrogens is 427 g/mol. The maximum Gasteiger partial charge on any atom is 0.220 e. The number of benzene rings is 1. The molecule has 168 valence electrons. The fourth-order valence-corrected chi connectivity index (χ4v) is 3.69. The number of amides is 1. The van der Waals surface area contributed by atoms with Gasteiger partial charge in [-0.25, -0.2) is 4.98 Å². The molecule has 0 bridgehead atoms. The Morgan fingerprint density at radius 2 is 1.83 bits per heavy atom. The van der Waals surface area contributed by atoms with E-state index < -0.39 is 0 Å². The number of imidazole rings is 1. The number of aromatic nitrogens is 2. The van der Waals surface area contributed by atoms with Crippen LogP contribution in [-0.2, 0) is 11.8 Å². The van der Waals surface area contributed by atoms with E-state index in [0.29, 0.717) is 23.8 Å². The van der Waals surface area contributed by atoms with Crippen LogP contribution < -0.4 is 20.1 Å². The summed E-state index contributed by atoms with van der Waals surface area (Å²) >= 11 is 0. The summed E-state index contributed by atoms with van der Waals surface area (Å²) in [6, 6.07) is 5.27. The van der Waals surface area contributed by atoms with Crippen LogP contribution in [0.15, 0.2) is 30.6 Å². The third-order valence-corrected chi connectivity index (χ3v) is 5.37. The molecule has 3 rings (SSSR count). The van der Waals surface area contributed by atoms with Gasteiger partial charge in [0.2, 0.25) is 5.91 Å². The van der Waals surface area contributed by atoms with E-state index in [9.17, 15) is 4.79 Å². The number of methoxy groups -OCH3 is 2. The number of halogens is 2. The zero-order chi connectivity index (χ0) is 19.9. The number of hydrogen-bond donors (Lipinski definition) is 2. The summed E-state index contributed by atoms with van der Waals surface area (Å²) in [5, 5.41) is 6.54. The first-order valence-corrected chi connectivity index (χ1v) is 9.81. The van der Waals surface area contributed by atoms with Gasteiger partial charge in [0.05, 0.1) is 14.2 Å². The summed E-state index contributed by atoms with van der Waals surface area (Å²) in [7, 11) is 5.16. The van der Waals surface area contributed by atoms with Crippen molar-refractivity contribution in [2.45, 2.75) is 31.7 Å². The molecule has 30 heavy (non-hydrogen) atoms. The molecule has 1 saturated heterocycles. The maximum absolute atomic E-state index is 12.8. The summed E-state index contributed by atoms with van der Waals surface area (Å²) in [4.78, 5) is 17.2. The van der Waals surface area contributed by atoms with Gasteiger partial charge in [-0.15, -0.1) is 24.8 Å². The molecule has 1 aliphatic heterocycles. The minimum atomic E-state index is -0.371. The van der Waals surface area contributed by atoms with E-state index in [1.54, 1.807) is 20.4 Å². The molecule has 1 aromatic heterocycles. The lowest BCUT2D eigenvalue weighted by Gasteiger charge is -2.23. The highest BCUT2D eigenvalue weighted by Crippen LogP contribution is 2.29. The summed E-state index contributed by atoms with van der Waals surface area (Å²) < 4.78 is 12.7. The Balaban J connectivity index is 0.00000225. The average molecular weight is 459 g/mol. The molecular formula is C21H32Cl2N4O3. The van der Waals surface area contributed by atoms with Crippen molar-refractivity contribution in [1.29, 1.82) is 0 Å². The largest absolute Gasteiger partial charge is 0.497 e. The molecule has 1 fully saturated rings. The van der Waals surface area contributed by atoms with Gasteiger partial charge in [-0.1, -0.05) is 0 Å². The van der Waals surface area contributed by atoms with E-state index in [2.05, 4.69) is 15.6 Å². The topological polar surface area (TPSA) is 77.4 Å². The first-order valence-electron chi connectivity index (χ1n) is 9.81. The molecule has 0 aliphatic carbocycles. The maximum atomic E-state index is 12.8. The van der Waals surface area contributed by atoms with Crippen molar-refractivity contribution in [3.8, 4) is 11.5 Å². The van der Waals surface area contributed by atoms with Crippen LogP contribution in [0.3, 0.4) is 0 Å². The van der Waals surface area contributed by atoms with Crippen molar-refractivity contribution in [2.75, 3.05) is 27.3 Å². The second-order valence-corrected chi connectivity index (χ2v) is 7.27. The zero-order valence-electron chi connectivity index (χ0n) is 17.7. The van der Waals surface area contributed by atoms with Crippen molar-refractivity contribution >= 4 is 30.7 Å². The molecule has 2 heterocycles. The number of carbonyl (C=O) groups is 1. The van der Waals surface area contributed by atoms with Crippen molar-refractivity contribution in [3.05, 3.63) is 42.0 Å². The van der Waals surface area contributed by atoms with E-state index in [1.807, 2.05) is 36.0 Å². The minimum absolute atomic E-state index is 0. The zero-order valence-corrected chi connectivity index (χ0v) is 19.4. The molecule has 1 amide bonds. The van der Waals surface area contributed by atoms with E-state index in [4.69, 9.17) is 9.47 Å². The summed E-state index contributed by atoms with van der Waals surface area (Å²) in [6.07, 6.45) is 7.34. The molecule has 2 aromatic rings. The fraction of sp³-hybridized carbons (Fsp3) is 0.524. The number of nitrogens with one attached hydrogen (secondary N) is 2. The average Bonchev–Trinajstić information content (AvgIpc) is 3.16. The van der Waals surface area contributed by atoms with Gasteiger partial charge >= 0.3 is 0 Å². The highest BCUT2D eigenvalue weighted by molar-refractivity contribution is 5.85. The lowest BCUT2D eigenvalue weighted by Crippen LogP contribution is -2.32. The van der Waals surface area contributed by atoms with Crippen LogP contribution in [0, 0.1) is 5.92 Å². The Hall–Kier alpha value is -1.96. The third kappa shape index (κ3) is 6.79. The number of nitrogens with zero attached hydrogens (tertiary/aromatic N) is 2.